The van der Waals surface area contributed by atoms with Gasteiger partial charge in [-0.15, -0.1) is 0 Å². The van der Waals surface area contributed by atoms with Gasteiger partial charge in [0, 0.05) is 18.4 Å². The zero-order chi connectivity index (χ0) is 15.1. The van der Waals surface area contributed by atoms with Gasteiger partial charge in [0.25, 0.3) is 0 Å². The second kappa shape index (κ2) is 7.45. The second-order valence-corrected chi connectivity index (χ2v) is 6.03. The van der Waals surface area contributed by atoms with Crippen molar-refractivity contribution in [2.75, 3.05) is 19.8 Å². The maximum absolute atomic E-state index is 11.6. The molecule has 0 aromatic rings. The summed E-state index contributed by atoms with van der Waals surface area (Å²) in [5.74, 6) is -0.306. The minimum Gasteiger partial charge on any atom is -0.394 e. The molecule has 4 N–H and O–H groups in total. The fraction of sp³-hybridized carbons (Fsp3) is 0.846. The van der Waals surface area contributed by atoms with Crippen molar-refractivity contribution in [3.05, 3.63) is 0 Å². The molecule has 0 radical (unpaired) electrons. The van der Waals surface area contributed by atoms with Crippen molar-refractivity contribution < 1.29 is 19.8 Å². The Labute approximate surface area is 114 Å². The third kappa shape index (κ3) is 7.12. The molecule has 112 valence electrons. The number of hydrogen-bond donors (Lipinski definition) is 4. The molecular weight excluding hydrogens is 248 g/mol. The molecule has 19 heavy (non-hydrogen) atoms. The number of carbonyl (C=O) groups excluding carboxylic acids is 2. The van der Waals surface area contributed by atoms with E-state index in [-0.39, 0.29) is 31.4 Å². The highest BCUT2D eigenvalue weighted by atomic mass is 16.3. The molecule has 0 aliphatic carbocycles. The molecule has 0 aliphatic rings. The highest BCUT2D eigenvalue weighted by Gasteiger charge is 2.24. The highest BCUT2D eigenvalue weighted by Crippen LogP contribution is 2.12. The van der Waals surface area contributed by atoms with Gasteiger partial charge < -0.3 is 20.8 Å². The zero-order valence-electron chi connectivity index (χ0n) is 12.2. The maximum atomic E-state index is 11.6. The fourth-order valence-corrected chi connectivity index (χ4v) is 1.24. The molecule has 0 heterocycles. The monoisotopic (exact) mass is 274 g/mol. The van der Waals surface area contributed by atoms with Crippen LogP contribution in [-0.2, 0) is 9.59 Å². The summed E-state index contributed by atoms with van der Waals surface area (Å²) in [5.41, 5.74) is -1.43. The smallest absolute Gasteiger partial charge is 0.225 e. The molecule has 0 aromatic carbocycles. The van der Waals surface area contributed by atoms with Crippen molar-refractivity contribution in [1.82, 2.24) is 10.6 Å². The lowest BCUT2D eigenvalue weighted by molar-refractivity contribution is -0.129. The Hall–Kier alpha value is -1.14. The van der Waals surface area contributed by atoms with Crippen LogP contribution in [0.1, 0.15) is 40.5 Å². The first-order valence-electron chi connectivity index (χ1n) is 6.45. The van der Waals surface area contributed by atoms with Crippen molar-refractivity contribution in [2.45, 2.75) is 46.1 Å². The average molecular weight is 274 g/mol. The van der Waals surface area contributed by atoms with E-state index in [1.54, 1.807) is 6.92 Å². The number of aliphatic hydroxyl groups excluding tert-OH is 2. The standard InChI is InChI=1S/C13H26N2O4/c1-12(2,3)11(19)14-7-5-6-10(18)15-13(4,8-16)9-17/h16-17H,5-9H2,1-4H3,(H,14,19)(H,15,18). The van der Waals surface area contributed by atoms with Gasteiger partial charge in [-0.2, -0.15) is 0 Å². The van der Waals surface area contributed by atoms with Gasteiger partial charge in [-0.1, -0.05) is 20.8 Å². The summed E-state index contributed by atoms with van der Waals surface area (Å²) in [6, 6.07) is 0. The van der Waals surface area contributed by atoms with Gasteiger partial charge in [0.1, 0.15) is 0 Å². The van der Waals surface area contributed by atoms with E-state index in [1.165, 1.54) is 0 Å². The van der Waals surface area contributed by atoms with Gasteiger partial charge in [0.15, 0.2) is 0 Å². The van der Waals surface area contributed by atoms with Crippen LogP contribution in [0.4, 0.5) is 0 Å². The van der Waals surface area contributed by atoms with Crippen molar-refractivity contribution in [3.63, 3.8) is 0 Å². The predicted octanol–water partition coefficient (Wildman–Crippen LogP) is -0.212. The number of rotatable bonds is 7. The molecule has 0 aromatic heterocycles. The summed E-state index contributed by atoms with van der Waals surface area (Å²) in [7, 11) is 0. The van der Waals surface area contributed by atoms with Crippen LogP contribution >= 0.6 is 0 Å². The number of amides is 2. The van der Waals surface area contributed by atoms with E-state index >= 15 is 0 Å². The van der Waals surface area contributed by atoms with Crippen LogP contribution in [0.15, 0.2) is 0 Å². The van der Waals surface area contributed by atoms with Gasteiger partial charge in [-0.3, -0.25) is 9.59 Å². The molecule has 0 saturated heterocycles. The first kappa shape index (κ1) is 17.9. The van der Waals surface area contributed by atoms with Gasteiger partial charge in [0.2, 0.25) is 11.8 Å². The Balaban J connectivity index is 3.91. The highest BCUT2D eigenvalue weighted by molar-refractivity contribution is 5.81. The van der Waals surface area contributed by atoms with E-state index in [1.807, 2.05) is 20.8 Å². The minimum absolute atomic E-state index is 0.0523. The van der Waals surface area contributed by atoms with Crippen LogP contribution in [0, 0.1) is 5.41 Å². The summed E-state index contributed by atoms with van der Waals surface area (Å²) >= 11 is 0. The Morgan fingerprint density at radius 3 is 2.00 bits per heavy atom. The Morgan fingerprint density at radius 2 is 1.58 bits per heavy atom. The number of aliphatic hydroxyl groups is 2. The topological polar surface area (TPSA) is 98.7 Å². The average Bonchev–Trinajstić information content (AvgIpc) is 2.33. The fourth-order valence-electron chi connectivity index (χ4n) is 1.24. The summed E-state index contributed by atoms with van der Waals surface area (Å²) < 4.78 is 0. The Morgan fingerprint density at radius 1 is 1.05 bits per heavy atom. The molecule has 0 atom stereocenters. The normalized spacial score (nSPS) is 12.1. The van der Waals surface area contributed by atoms with Gasteiger partial charge in [-0.25, -0.2) is 0 Å². The summed E-state index contributed by atoms with van der Waals surface area (Å²) in [4.78, 5) is 23.1. The second-order valence-electron chi connectivity index (χ2n) is 6.03. The Bertz CT molecular complexity index is 306. The molecule has 2 amide bonds. The maximum Gasteiger partial charge on any atom is 0.225 e. The van der Waals surface area contributed by atoms with E-state index in [0.29, 0.717) is 13.0 Å². The lowest BCUT2D eigenvalue weighted by Crippen LogP contribution is -2.51. The lowest BCUT2D eigenvalue weighted by Gasteiger charge is -2.26. The molecule has 0 unspecified atom stereocenters. The van der Waals surface area contributed by atoms with Crippen LogP contribution in [0.5, 0.6) is 0 Å². The number of nitrogens with one attached hydrogen (secondary N) is 2. The SMILES string of the molecule is CC(CO)(CO)NC(=O)CCCNC(=O)C(C)(C)C. The first-order chi connectivity index (χ1) is 8.64. The Kier molecular flexibility index (Phi) is 7.00. The zero-order valence-corrected chi connectivity index (χ0v) is 12.2. The van der Waals surface area contributed by atoms with Crippen LogP contribution in [-0.4, -0.2) is 47.3 Å². The van der Waals surface area contributed by atoms with Crippen LogP contribution in [0.2, 0.25) is 0 Å². The van der Waals surface area contributed by atoms with Gasteiger partial charge in [0.05, 0.1) is 18.8 Å². The molecule has 6 heteroatoms. The minimum atomic E-state index is -0.994. The summed E-state index contributed by atoms with van der Waals surface area (Å²) in [6.45, 7) is 6.81. The molecule has 0 fully saturated rings. The molecule has 0 rings (SSSR count). The third-order valence-corrected chi connectivity index (χ3v) is 2.69. The van der Waals surface area contributed by atoms with Gasteiger partial charge in [-0.05, 0) is 13.3 Å². The largest absolute Gasteiger partial charge is 0.394 e. The van der Waals surface area contributed by atoms with Crippen LogP contribution in [0.3, 0.4) is 0 Å². The van der Waals surface area contributed by atoms with Crippen LogP contribution < -0.4 is 10.6 Å². The molecule has 0 saturated carbocycles. The van der Waals surface area contributed by atoms with E-state index in [2.05, 4.69) is 10.6 Å². The van der Waals surface area contributed by atoms with Crippen molar-refractivity contribution in [3.8, 4) is 0 Å². The van der Waals surface area contributed by atoms with Crippen molar-refractivity contribution >= 4 is 11.8 Å². The first-order valence-corrected chi connectivity index (χ1v) is 6.45. The van der Waals surface area contributed by atoms with E-state index in [4.69, 9.17) is 10.2 Å². The summed E-state index contributed by atoms with van der Waals surface area (Å²) in [6.07, 6.45) is 0.751. The van der Waals surface area contributed by atoms with E-state index in [0.717, 1.165) is 0 Å². The molecule has 0 bridgehead atoms. The predicted molar refractivity (Wildman–Crippen MR) is 72.4 cm³/mol. The van der Waals surface area contributed by atoms with Crippen molar-refractivity contribution in [2.24, 2.45) is 5.41 Å². The molecule has 6 nitrogen and oxygen atoms in total. The van der Waals surface area contributed by atoms with Crippen molar-refractivity contribution in [1.29, 1.82) is 0 Å². The molecular formula is C13H26N2O4. The number of carbonyl (C=O) groups is 2. The lowest BCUT2D eigenvalue weighted by atomic mass is 9.96. The molecule has 0 aliphatic heterocycles. The van der Waals surface area contributed by atoms with Gasteiger partial charge >= 0.3 is 0 Å². The number of hydrogen-bond acceptors (Lipinski definition) is 4. The molecule has 0 spiro atoms. The van der Waals surface area contributed by atoms with E-state index < -0.39 is 11.0 Å². The van der Waals surface area contributed by atoms with E-state index in [9.17, 15) is 9.59 Å². The third-order valence-electron chi connectivity index (χ3n) is 2.69. The summed E-state index contributed by atoms with van der Waals surface area (Å²) in [5, 5.41) is 23.4. The van der Waals surface area contributed by atoms with Crippen LogP contribution in [0.25, 0.3) is 0 Å². The quantitative estimate of drug-likeness (QED) is 0.483.